The lowest BCUT2D eigenvalue weighted by molar-refractivity contribution is 0.0857. The Labute approximate surface area is 113 Å². The molecular formula is C12H17N3O3S. The smallest absolute Gasteiger partial charge is 0.265 e. The van der Waals surface area contributed by atoms with Gasteiger partial charge in [-0.3, -0.25) is 14.5 Å². The molecular weight excluding hydrogens is 266 g/mol. The van der Waals surface area contributed by atoms with Crippen LogP contribution in [0.3, 0.4) is 0 Å². The molecule has 7 heteroatoms. The van der Waals surface area contributed by atoms with E-state index in [0.717, 1.165) is 5.56 Å². The first kappa shape index (κ1) is 13.8. The van der Waals surface area contributed by atoms with Crippen LogP contribution in [0.2, 0.25) is 0 Å². The fraction of sp³-hybridized carbons (Fsp3) is 0.417. The maximum Gasteiger partial charge on any atom is 0.265 e. The number of rotatable bonds is 3. The molecule has 1 heterocycles. The summed E-state index contributed by atoms with van der Waals surface area (Å²) >= 11 is 0. The number of carbonyl (C=O) groups excluding carboxylic acids is 1. The zero-order valence-electron chi connectivity index (χ0n) is 11.2. The molecule has 6 nitrogen and oxygen atoms in total. The minimum Gasteiger partial charge on any atom is -0.285 e. The first-order valence-electron chi connectivity index (χ1n) is 5.88. The molecule has 1 aliphatic rings. The highest BCUT2D eigenvalue weighted by Gasteiger charge is 2.26. The molecule has 104 valence electrons. The molecule has 1 amide bonds. The van der Waals surface area contributed by atoms with Gasteiger partial charge in [-0.05, 0) is 30.2 Å². The van der Waals surface area contributed by atoms with E-state index in [1.165, 1.54) is 10.6 Å². The lowest BCUT2D eigenvalue weighted by atomic mass is 10.1. The highest BCUT2D eigenvalue weighted by atomic mass is 32.2. The summed E-state index contributed by atoms with van der Waals surface area (Å²) in [5.41, 5.74) is 4.74. The molecule has 1 aromatic rings. The summed E-state index contributed by atoms with van der Waals surface area (Å²) in [7, 11) is 0.222. The third kappa shape index (κ3) is 2.87. The van der Waals surface area contributed by atoms with Crippen LogP contribution in [0.15, 0.2) is 18.2 Å². The second-order valence-corrected chi connectivity index (χ2v) is 6.67. The summed E-state index contributed by atoms with van der Waals surface area (Å²) in [6, 6.07) is 5.08. The van der Waals surface area contributed by atoms with Crippen LogP contribution in [-0.4, -0.2) is 46.2 Å². The van der Waals surface area contributed by atoms with Crippen molar-refractivity contribution in [2.45, 2.75) is 6.42 Å². The summed E-state index contributed by atoms with van der Waals surface area (Å²) in [6.07, 6.45) is 1.82. The van der Waals surface area contributed by atoms with Crippen molar-refractivity contribution in [3.63, 3.8) is 0 Å². The third-order valence-electron chi connectivity index (χ3n) is 2.92. The lowest BCUT2D eigenvalue weighted by Crippen LogP contribution is -2.36. The Bertz CT molecular complexity index is 611. The van der Waals surface area contributed by atoms with E-state index in [2.05, 4.69) is 5.43 Å². The summed E-state index contributed by atoms with van der Waals surface area (Å²) < 4.78 is 24.6. The second-order valence-electron chi connectivity index (χ2n) is 4.76. The van der Waals surface area contributed by atoms with Crippen LogP contribution in [-0.2, 0) is 16.4 Å². The van der Waals surface area contributed by atoms with Crippen molar-refractivity contribution in [1.29, 1.82) is 0 Å². The SMILES string of the molecule is CN(C)NC(=O)c1ccc2c(c1)CCN2S(C)(=O)=O. The van der Waals surface area contributed by atoms with Crippen molar-refractivity contribution in [1.82, 2.24) is 10.4 Å². The van der Waals surface area contributed by atoms with E-state index in [4.69, 9.17) is 0 Å². The summed E-state index contributed by atoms with van der Waals surface area (Å²) in [4.78, 5) is 11.8. The molecule has 0 spiro atoms. The van der Waals surface area contributed by atoms with Gasteiger partial charge in [0.15, 0.2) is 0 Å². The first-order chi connectivity index (χ1) is 8.79. The van der Waals surface area contributed by atoms with Crippen LogP contribution in [0.5, 0.6) is 0 Å². The minimum absolute atomic E-state index is 0.203. The van der Waals surface area contributed by atoms with E-state index in [1.54, 1.807) is 37.3 Å². The quantitative estimate of drug-likeness (QED) is 0.805. The van der Waals surface area contributed by atoms with Gasteiger partial charge in [-0.15, -0.1) is 0 Å². The maximum absolute atomic E-state index is 11.8. The number of benzene rings is 1. The van der Waals surface area contributed by atoms with Crippen molar-refractivity contribution in [3.8, 4) is 0 Å². The average Bonchev–Trinajstić information content (AvgIpc) is 2.69. The molecule has 0 fully saturated rings. The van der Waals surface area contributed by atoms with Crippen molar-refractivity contribution in [2.75, 3.05) is 31.2 Å². The van der Waals surface area contributed by atoms with Crippen LogP contribution in [0, 0.1) is 0 Å². The Balaban J connectivity index is 2.30. The molecule has 0 atom stereocenters. The molecule has 1 aliphatic heterocycles. The Morgan fingerprint density at radius 3 is 2.63 bits per heavy atom. The Morgan fingerprint density at radius 1 is 1.37 bits per heavy atom. The fourth-order valence-corrected chi connectivity index (χ4v) is 3.08. The topological polar surface area (TPSA) is 69.7 Å². The van der Waals surface area contributed by atoms with E-state index in [9.17, 15) is 13.2 Å². The number of anilines is 1. The number of amides is 1. The van der Waals surface area contributed by atoms with Gasteiger partial charge in [-0.1, -0.05) is 0 Å². The predicted molar refractivity (Wildman–Crippen MR) is 73.5 cm³/mol. The van der Waals surface area contributed by atoms with Crippen LogP contribution in [0.1, 0.15) is 15.9 Å². The number of hydrogen-bond acceptors (Lipinski definition) is 4. The summed E-state index contributed by atoms with van der Waals surface area (Å²) in [5, 5.41) is 1.57. The van der Waals surface area contributed by atoms with Gasteiger partial charge in [-0.25, -0.2) is 13.4 Å². The second kappa shape index (κ2) is 4.82. The van der Waals surface area contributed by atoms with E-state index < -0.39 is 10.0 Å². The largest absolute Gasteiger partial charge is 0.285 e. The summed E-state index contributed by atoms with van der Waals surface area (Å²) in [5.74, 6) is -0.203. The molecule has 2 rings (SSSR count). The molecule has 1 aromatic carbocycles. The van der Waals surface area contributed by atoms with Crippen molar-refractivity contribution >= 4 is 21.6 Å². The number of fused-ring (bicyclic) bond motifs is 1. The highest BCUT2D eigenvalue weighted by Crippen LogP contribution is 2.30. The molecule has 0 bridgehead atoms. The predicted octanol–water partition coefficient (Wildman–Crippen LogP) is 0.215. The Hall–Kier alpha value is -1.60. The molecule has 1 N–H and O–H groups in total. The zero-order valence-corrected chi connectivity index (χ0v) is 12.0. The van der Waals surface area contributed by atoms with Crippen LogP contribution >= 0.6 is 0 Å². The van der Waals surface area contributed by atoms with E-state index in [-0.39, 0.29) is 5.91 Å². The molecule has 0 saturated carbocycles. The highest BCUT2D eigenvalue weighted by molar-refractivity contribution is 7.92. The van der Waals surface area contributed by atoms with E-state index >= 15 is 0 Å². The van der Waals surface area contributed by atoms with Crippen LogP contribution in [0.4, 0.5) is 5.69 Å². The fourth-order valence-electron chi connectivity index (χ4n) is 2.12. The van der Waals surface area contributed by atoms with Gasteiger partial charge in [0.2, 0.25) is 10.0 Å². The molecule has 19 heavy (non-hydrogen) atoms. The lowest BCUT2D eigenvalue weighted by Gasteiger charge is -2.17. The average molecular weight is 283 g/mol. The zero-order chi connectivity index (χ0) is 14.2. The number of hydrogen-bond donors (Lipinski definition) is 1. The number of sulfonamides is 1. The van der Waals surface area contributed by atoms with Crippen molar-refractivity contribution in [3.05, 3.63) is 29.3 Å². The van der Waals surface area contributed by atoms with Gasteiger partial charge in [0.1, 0.15) is 0 Å². The Morgan fingerprint density at radius 2 is 2.05 bits per heavy atom. The van der Waals surface area contributed by atoms with Crippen LogP contribution < -0.4 is 9.73 Å². The van der Waals surface area contributed by atoms with E-state index in [0.29, 0.717) is 24.2 Å². The number of hydrazine groups is 1. The Kier molecular flexibility index (Phi) is 3.51. The van der Waals surface area contributed by atoms with Crippen molar-refractivity contribution in [2.24, 2.45) is 0 Å². The maximum atomic E-state index is 11.8. The van der Waals surface area contributed by atoms with Gasteiger partial charge < -0.3 is 0 Å². The standard InChI is InChI=1S/C12H17N3O3S/c1-14(2)13-12(16)10-4-5-11-9(8-10)6-7-15(11)19(3,17)18/h4-5,8H,6-7H2,1-3H3,(H,13,16). The summed E-state index contributed by atoms with van der Waals surface area (Å²) in [6.45, 7) is 0.437. The van der Waals surface area contributed by atoms with Crippen molar-refractivity contribution < 1.29 is 13.2 Å². The van der Waals surface area contributed by atoms with Gasteiger partial charge in [0, 0.05) is 26.2 Å². The van der Waals surface area contributed by atoms with E-state index in [1.807, 2.05) is 0 Å². The molecule has 0 aromatic heterocycles. The normalized spacial score (nSPS) is 14.6. The number of carbonyl (C=O) groups is 1. The van der Waals surface area contributed by atoms with Gasteiger partial charge >= 0.3 is 0 Å². The third-order valence-corrected chi connectivity index (χ3v) is 4.10. The molecule has 0 aliphatic carbocycles. The monoisotopic (exact) mass is 283 g/mol. The first-order valence-corrected chi connectivity index (χ1v) is 7.73. The van der Waals surface area contributed by atoms with Gasteiger partial charge in [0.25, 0.3) is 5.91 Å². The van der Waals surface area contributed by atoms with Crippen LogP contribution in [0.25, 0.3) is 0 Å². The van der Waals surface area contributed by atoms with Gasteiger partial charge in [-0.2, -0.15) is 0 Å². The van der Waals surface area contributed by atoms with Gasteiger partial charge in [0.05, 0.1) is 11.9 Å². The molecule has 0 radical (unpaired) electrons. The molecule has 0 saturated heterocycles. The number of nitrogens with zero attached hydrogens (tertiary/aromatic N) is 2. The molecule has 0 unspecified atom stereocenters. The number of nitrogens with one attached hydrogen (secondary N) is 1. The minimum atomic E-state index is -3.24.